The Morgan fingerprint density at radius 2 is 2.32 bits per heavy atom. The Kier molecular flexibility index (Phi) is 4.55. The number of hydrogen-bond acceptors (Lipinski definition) is 4. The number of rotatable bonds is 4. The van der Waals surface area contributed by atoms with E-state index in [2.05, 4.69) is 10.3 Å². The molecule has 2 atom stereocenters. The topological polar surface area (TPSA) is 68.0 Å². The number of nitrogens with two attached hydrogens (primary N) is 1. The molecule has 1 amide bonds. The van der Waals surface area contributed by atoms with Crippen molar-refractivity contribution in [2.45, 2.75) is 32.2 Å². The predicted octanol–water partition coefficient (Wildman–Crippen LogP) is 2.98. The van der Waals surface area contributed by atoms with Crippen LogP contribution in [-0.4, -0.2) is 23.5 Å². The van der Waals surface area contributed by atoms with Gasteiger partial charge in [0.05, 0.1) is 10.7 Å². The summed E-state index contributed by atoms with van der Waals surface area (Å²) in [6.07, 6.45) is 3.28. The summed E-state index contributed by atoms with van der Waals surface area (Å²) in [4.78, 5) is 17.0. The van der Waals surface area contributed by atoms with Gasteiger partial charge in [-0.3, -0.25) is 4.79 Å². The lowest BCUT2D eigenvalue weighted by atomic mass is 10.0. The molecule has 0 bridgehead atoms. The van der Waals surface area contributed by atoms with Crippen molar-refractivity contribution in [1.29, 1.82) is 0 Å². The molecule has 0 aliphatic heterocycles. The van der Waals surface area contributed by atoms with Crippen LogP contribution in [0.4, 0.5) is 0 Å². The number of aryl methyl sites for hydroxylation is 1. The standard InChI is InChI=1S/C17H21N3OS/c1-11-19-16(10-22-11)12-4-2-5-13(8-12)17(21)20-15-7-3-6-14(15)9-18/h2,4-5,8,10,14-15H,3,6-7,9,18H2,1H3,(H,20,21). The molecule has 2 unspecified atom stereocenters. The van der Waals surface area contributed by atoms with Crippen LogP contribution >= 0.6 is 11.3 Å². The zero-order chi connectivity index (χ0) is 15.5. The molecule has 2 aromatic rings. The molecular formula is C17H21N3OS. The molecule has 0 saturated heterocycles. The average molecular weight is 315 g/mol. The average Bonchev–Trinajstić information content (AvgIpc) is 3.16. The van der Waals surface area contributed by atoms with Crippen molar-refractivity contribution < 1.29 is 4.79 Å². The third-order valence-corrected chi connectivity index (χ3v) is 5.09. The lowest BCUT2D eigenvalue weighted by molar-refractivity contribution is 0.0929. The molecule has 1 aromatic heterocycles. The van der Waals surface area contributed by atoms with Crippen molar-refractivity contribution in [3.05, 3.63) is 40.2 Å². The van der Waals surface area contributed by atoms with E-state index in [0.717, 1.165) is 35.5 Å². The lowest BCUT2D eigenvalue weighted by Crippen LogP contribution is -2.39. The lowest BCUT2D eigenvalue weighted by Gasteiger charge is -2.19. The van der Waals surface area contributed by atoms with Gasteiger partial charge in [0.25, 0.3) is 5.91 Å². The quantitative estimate of drug-likeness (QED) is 0.911. The minimum Gasteiger partial charge on any atom is -0.349 e. The Morgan fingerprint density at radius 3 is 3.05 bits per heavy atom. The van der Waals surface area contributed by atoms with Crippen LogP contribution in [0.5, 0.6) is 0 Å². The summed E-state index contributed by atoms with van der Waals surface area (Å²) in [7, 11) is 0. The maximum atomic E-state index is 12.5. The first-order valence-corrected chi connectivity index (χ1v) is 8.59. The van der Waals surface area contributed by atoms with Gasteiger partial charge in [0.2, 0.25) is 0 Å². The number of hydrogen-bond donors (Lipinski definition) is 2. The number of carbonyl (C=O) groups is 1. The zero-order valence-corrected chi connectivity index (χ0v) is 13.5. The molecule has 22 heavy (non-hydrogen) atoms. The third-order valence-electron chi connectivity index (χ3n) is 4.32. The fourth-order valence-corrected chi connectivity index (χ4v) is 3.70. The second-order valence-corrected chi connectivity index (χ2v) is 6.90. The summed E-state index contributed by atoms with van der Waals surface area (Å²) >= 11 is 1.62. The van der Waals surface area contributed by atoms with Crippen molar-refractivity contribution in [1.82, 2.24) is 10.3 Å². The Hall–Kier alpha value is -1.72. The SMILES string of the molecule is Cc1nc(-c2cccc(C(=O)NC3CCCC3CN)c2)cs1. The number of nitrogens with zero attached hydrogens (tertiary/aromatic N) is 1. The van der Waals surface area contributed by atoms with Crippen LogP contribution in [0.25, 0.3) is 11.3 Å². The van der Waals surface area contributed by atoms with Crippen LogP contribution < -0.4 is 11.1 Å². The number of benzene rings is 1. The second-order valence-electron chi connectivity index (χ2n) is 5.84. The first-order valence-electron chi connectivity index (χ1n) is 7.71. The molecule has 1 saturated carbocycles. The van der Waals surface area contributed by atoms with Gasteiger partial charge in [0, 0.05) is 22.5 Å². The highest BCUT2D eigenvalue weighted by Crippen LogP contribution is 2.26. The van der Waals surface area contributed by atoms with Crippen molar-refractivity contribution in [3.8, 4) is 11.3 Å². The van der Waals surface area contributed by atoms with E-state index in [4.69, 9.17) is 5.73 Å². The Bertz CT molecular complexity index is 667. The second kappa shape index (κ2) is 6.58. The largest absolute Gasteiger partial charge is 0.349 e. The number of thiazole rings is 1. The van der Waals surface area contributed by atoms with E-state index in [1.54, 1.807) is 11.3 Å². The molecule has 1 aliphatic rings. The van der Waals surface area contributed by atoms with Gasteiger partial charge in [-0.05, 0) is 44.4 Å². The van der Waals surface area contributed by atoms with Gasteiger partial charge in [0.15, 0.2) is 0 Å². The molecule has 3 rings (SSSR count). The van der Waals surface area contributed by atoms with E-state index in [1.165, 1.54) is 0 Å². The predicted molar refractivity (Wildman–Crippen MR) is 89.9 cm³/mol. The van der Waals surface area contributed by atoms with Crippen LogP contribution in [0.3, 0.4) is 0 Å². The van der Waals surface area contributed by atoms with E-state index in [0.29, 0.717) is 18.0 Å². The molecule has 5 heteroatoms. The fourth-order valence-electron chi connectivity index (χ4n) is 3.08. The van der Waals surface area contributed by atoms with Gasteiger partial charge in [0.1, 0.15) is 0 Å². The molecule has 4 nitrogen and oxygen atoms in total. The number of carbonyl (C=O) groups excluding carboxylic acids is 1. The highest BCUT2D eigenvalue weighted by atomic mass is 32.1. The van der Waals surface area contributed by atoms with E-state index in [-0.39, 0.29) is 11.9 Å². The summed E-state index contributed by atoms with van der Waals surface area (Å²) in [5, 5.41) is 6.19. The Labute approximate surface area is 134 Å². The molecule has 3 N–H and O–H groups in total. The highest BCUT2D eigenvalue weighted by Gasteiger charge is 2.27. The molecule has 1 aromatic carbocycles. The van der Waals surface area contributed by atoms with Gasteiger partial charge in [-0.25, -0.2) is 4.98 Å². The monoisotopic (exact) mass is 315 g/mol. The first-order chi connectivity index (χ1) is 10.7. The van der Waals surface area contributed by atoms with Crippen LogP contribution in [-0.2, 0) is 0 Å². The van der Waals surface area contributed by atoms with Crippen molar-refractivity contribution in [2.75, 3.05) is 6.54 Å². The van der Waals surface area contributed by atoms with Crippen LogP contribution in [0.15, 0.2) is 29.6 Å². The molecular weight excluding hydrogens is 294 g/mol. The van der Waals surface area contributed by atoms with Crippen molar-refractivity contribution >= 4 is 17.2 Å². The summed E-state index contributed by atoms with van der Waals surface area (Å²) in [5.74, 6) is 0.396. The van der Waals surface area contributed by atoms with Gasteiger partial charge in [-0.2, -0.15) is 0 Å². The maximum absolute atomic E-state index is 12.5. The first kappa shape index (κ1) is 15.2. The molecule has 116 valence electrons. The number of nitrogens with one attached hydrogen (secondary N) is 1. The van der Waals surface area contributed by atoms with E-state index < -0.39 is 0 Å². The highest BCUT2D eigenvalue weighted by molar-refractivity contribution is 7.09. The molecule has 0 spiro atoms. The number of aromatic nitrogens is 1. The van der Waals surface area contributed by atoms with Gasteiger partial charge < -0.3 is 11.1 Å². The molecule has 1 aliphatic carbocycles. The van der Waals surface area contributed by atoms with Gasteiger partial charge in [-0.15, -0.1) is 11.3 Å². The maximum Gasteiger partial charge on any atom is 0.251 e. The van der Waals surface area contributed by atoms with Gasteiger partial charge in [-0.1, -0.05) is 18.6 Å². The Balaban J connectivity index is 1.75. The number of amides is 1. The molecule has 1 fully saturated rings. The molecule has 0 radical (unpaired) electrons. The van der Waals surface area contributed by atoms with E-state index in [1.807, 2.05) is 36.6 Å². The zero-order valence-electron chi connectivity index (χ0n) is 12.7. The summed E-state index contributed by atoms with van der Waals surface area (Å²) in [6, 6.07) is 7.88. The smallest absolute Gasteiger partial charge is 0.251 e. The fraction of sp³-hybridized carbons (Fsp3) is 0.412. The minimum atomic E-state index is -0.0147. The third kappa shape index (κ3) is 3.20. The van der Waals surface area contributed by atoms with E-state index >= 15 is 0 Å². The Morgan fingerprint density at radius 1 is 1.45 bits per heavy atom. The van der Waals surface area contributed by atoms with E-state index in [9.17, 15) is 4.79 Å². The van der Waals surface area contributed by atoms with Crippen LogP contribution in [0, 0.1) is 12.8 Å². The minimum absolute atomic E-state index is 0.0147. The van der Waals surface area contributed by atoms with Crippen LogP contribution in [0.1, 0.15) is 34.6 Å². The summed E-state index contributed by atoms with van der Waals surface area (Å²) in [6.45, 7) is 2.63. The van der Waals surface area contributed by atoms with Crippen molar-refractivity contribution in [3.63, 3.8) is 0 Å². The van der Waals surface area contributed by atoms with Crippen LogP contribution in [0.2, 0.25) is 0 Å². The normalized spacial score (nSPS) is 21.0. The summed E-state index contributed by atoms with van der Waals surface area (Å²) < 4.78 is 0. The van der Waals surface area contributed by atoms with Crippen molar-refractivity contribution in [2.24, 2.45) is 11.7 Å². The summed E-state index contributed by atoms with van der Waals surface area (Å²) in [5.41, 5.74) is 8.38. The molecule has 1 heterocycles. The van der Waals surface area contributed by atoms with Gasteiger partial charge >= 0.3 is 0 Å².